The maximum atomic E-state index is 4.94. The van der Waals surface area contributed by atoms with Crippen molar-refractivity contribution in [1.29, 1.82) is 0 Å². The predicted molar refractivity (Wildman–Crippen MR) is 108 cm³/mol. The summed E-state index contributed by atoms with van der Waals surface area (Å²) in [5.74, 6) is 0. The molecule has 2 aromatic heterocycles. The van der Waals surface area contributed by atoms with E-state index >= 15 is 0 Å². The van der Waals surface area contributed by atoms with Gasteiger partial charge in [0.2, 0.25) is 0 Å². The number of rotatable bonds is 7. The lowest BCUT2D eigenvalue weighted by molar-refractivity contribution is 0.425. The normalized spacial score (nSPS) is 12.6. The number of hydrogen-bond acceptors (Lipinski definition) is 6. The van der Waals surface area contributed by atoms with Crippen LogP contribution in [0.3, 0.4) is 0 Å². The lowest BCUT2D eigenvalue weighted by atomic mass is 10.1. The molecule has 0 saturated carbocycles. The molecule has 0 radical (unpaired) electrons. The van der Waals surface area contributed by atoms with Gasteiger partial charge in [-0.05, 0) is 45.4 Å². The predicted octanol–water partition coefficient (Wildman–Crippen LogP) is 2.76. The van der Waals surface area contributed by atoms with Gasteiger partial charge < -0.3 is 15.5 Å². The van der Waals surface area contributed by atoms with E-state index in [1.54, 1.807) is 11.8 Å². The molecule has 136 valence electrons. The molecule has 0 spiro atoms. The molecule has 0 saturated heterocycles. The number of aromatic nitrogens is 3. The Bertz CT molecular complexity index is 933. The Morgan fingerprint density at radius 3 is 2.88 bits per heavy atom. The molecule has 3 aromatic rings. The number of likely N-dealkylation sites (N-methyl/N-ethyl adjacent to an activating group) is 2. The van der Waals surface area contributed by atoms with Crippen molar-refractivity contribution < 1.29 is 0 Å². The van der Waals surface area contributed by atoms with Crippen LogP contribution >= 0.6 is 11.8 Å². The molecule has 26 heavy (non-hydrogen) atoms. The Kier molecular flexibility index (Phi) is 4.84. The van der Waals surface area contributed by atoms with Gasteiger partial charge in [0.25, 0.3) is 0 Å². The van der Waals surface area contributed by atoms with E-state index in [-0.39, 0.29) is 0 Å². The minimum Gasteiger partial charge on any atom is -0.383 e. The Morgan fingerprint density at radius 2 is 2.08 bits per heavy atom. The molecule has 0 unspecified atom stereocenters. The van der Waals surface area contributed by atoms with E-state index in [2.05, 4.69) is 57.5 Å². The van der Waals surface area contributed by atoms with Crippen LogP contribution in [0.25, 0.3) is 22.2 Å². The zero-order valence-corrected chi connectivity index (χ0v) is 16.2. The van der Waals surface area contributed by atoms with Crippen LogP contribution in [0.2, 0.25) is 0 Å². The summed E-state index contributed by atoms with van der Waals surface area (Å²) in [4.78, 5) is 8.01. The largest absolute Gasteiger partial charge is 0.383 e. The van der Waals surface area contributed by atoms with Gasteiger partial charge in [0.1, 0.15) is 10.7 Å². The smallest absolute Gasteiger partial charge is 0.110 e. The van der Waals surface area contributed by atoms with E-state index in [9.17, 15) is 0 Å². The van der Waals surface area contributed by atoms with Crippen LogP contribution in [0.5, 0.6) is 0 Å². The minimum absolute atomic E-state index is 0.847. The zero-order valence-electron chi connectivity index (χ0n) is 15.4. The first-order valence-electron chi connectivity index (χ1n) is 8.89. The molecule has 0 amide bonds. The average molecular weight is 369 g/mol. The lowest BCUT2D eigenvalue weighted by Crippen LogP contribution is -2.21. The van der Waals surface area contributed by atoms with Crippen molar-refractivity contribution in [3.8, 4) is 11.3 Å². The highest BCUT2D eigenvalue weighted by molar-refractivity contribution is 7.99. The van der Waals surface area contributed by atoms with Crippen LogP contribution in [0.4, 0.5) is 5.69 Å². The fourth-order valence-corrected chi connectivity index (χ4v) is 4.36. The molecule has 1 aliphatic heterocycles. The van der Waals surface area contributed by atoms with Gasteiger partial charge in [-0.2, -0.15) is 5.10 Å². The molecule has 7 heteroatoms. The molecule has 6 nitrogen and oxygen atoms in total. The van der Waals surface area contributed by atoms with Crippen LogP contribution in [0, 0.1) is 0 Å². The number of anilines is 1. The monoisotopic (exact) mass is 368 g/mol. The summed E-state index contributed by atoms with van der Waals surface area (Å²) in [7, 11) is 6.15. The second-order valence-electron chi connectivity index (χ2n) is 6.70. The summed E-state index contributed by atoms with van der Waals surface area (Å²) in [5, 5.41) is 14.0. The highest BCUT2D eigenvalue weighted by Crippen LogP contribution is 2.49. The first-order valence-corrected chi connectivity index (χ1v) is 9.70. The van der Waals surface area contributed by atoms with Gasteiger partial charge in [-0.1, -0.05) is 11.8 Å². The Labute approximate surface area is 158 Å². The lowest BCUT2D eigenvalue weighted by Gasteiger charge is -2.19. The quantitative estimate of drug-likeness (QED) is 0.523. The first kappa shape index (κ1) is 17.3. The summed E-state index contributed by atoms with van der Waals surface area (Å²) in [6, 6.07) is 8.47. The number of fused-ring (bicyclic) bond motifs is 2. The topological polar surface area (TPSA) is 58.0 Å². The fourth-order valence-electron chi connectivity index (χ4n) is 3.23. The third-order valence-corrected chi connectivity index (χ3v) is 5.69. The SMILES string of the molecule is CNCCn1nc2c3c(c(NCCN(C)C)ccc31)Sc1ncccc1-2. The molecular formula is C19H24N6S. The molecule has 1 aliphatic rings. The van der Waals surface area contributed by atoms with Crippen LogP contribution in [0.15, 0.2) is 40.4 Å². The second kappa shape index (κ2) is 7.26. The molecule has 0 atom stereocenters. The molecule has 3 heterocycles. The zero-order chi connectivity index (χ0) is 18.1. The number of nitrogens with zero attached hydrogens (tertiary/aromatic N) is 4. The van der Waals surface area contributed by atoms with Gasteiger partial charge in [-0.3, -0.25) is 4.68 Å². The van der Waals surface area contributed by atoms with Crippen molar-refractivity contribution in [3.05, 3.63) is 30.5 Å². The molecule has 0 bridgehead atoms. The van der Waals surface area contributed by atoms with Gasteiger partial charge in [0, 0.05) is 47.4 Å². The summed E-state index contributed by atoms with van der Waals surface area (Å²) >= 11 is 1.74. The molecule has 4 rings (SSSR count). The Morgan fingerprint density at radius 1 is 1.19 bits per heavy atom. The van der Waals surface area contributed by atoms with Crippen LogP contribution < -0.4 is 10.6 Å². The second-order valence-corrected chi connectivity index (χ2v) is 7.70. The van der Waals surface area contributed by atoms with Crippen molar-refractivity contribution in [2.75, 3.05) is 46.1 Å². The van der Waals surface area contributed by atoms with Gasteiger partial charge in [0.15, 0.2) is 0 Å². The summed E-state index contributed by atoms with van der Waals surface area (Å²) in [6.45, 7) is 3.64. The number of nitrogens with one attached hydrogen (secondary N) is 2. The van der Waals surface area contributed by atoms with Gasteiger partial charge >= 0.3 is 0 Å². The van der Waals surface area contributed by atoms with Crippen molar-refractivity contribution in [2.24, 2.45) is 0 Å². The van der Waals surface area contributed by atoms with E-state index < -0.39 is 0 Å². The minimum atomic E-state index is 0.847. The van der Waals surface area contributed by atoms with Crippen molar-refractivity contribution in [1.82, 2.24) is 25.0 Å². The number of benzene rings is 1. The third kappa shape index (κ3) is 3.06. The maximum absolute atomic E-state index is 4.94. The average Bonchev–Trinajstić information content (AvgIpc) is 3.01. The van der Waals surface area contributed by atoms with Crippen LogP contribution in [-0.4, -0.2) is 60.4 Å². The Hall–Kier alpha value is -2.09. The van der Waals surface area contributed by atoms with E-state index in [0.717, 1.165) is 48.1 Å². The highest BCUT2D eigenvalue weighted by atomic mass is 32.2. The van der Waals surface area contributed by atoms with E-state index in [1.807, 2.05) is 19.3 Å². The highest BCUT2D eigenvalue weighted by Gasteiger charge is 2.26. The van der Waals surface area contributed by atoms with Crippen LogP contribution in [-0.2, 0) is 6.54 Å². The molecule has 2 N–H and O–H groups in total. The summed E-state index contributed by atoms with van der Waals surface area (Å²) in [6.07, 6.45) is 1.86. The third-order valence-electron chi connectivity index (χ3n) is 4.54. The molecule has 1 aromatic carbocycles. The van der Waals surface area contributed by atoms with Crippen molar-refractivity contribution in [3.63, 3.8) is 0 Å². The number of pyridine rings is 1. The van der Waals surface area contributed by atoms with E-state index in [0.29, 0.717) is 0 Å². The Balaban J connectivity index is 1.82. The molecule has 0 aliphatic carbocycles. The number of hydrogen-bond donors (Lipinski definition) is 2. The summed E-state index contributed by atoms with van der Waals surface area (Å²) < 4.78 is 2.11. The molecule has 0 fully saturated rings. The van der Waals surface area contributed by atoms with Gasteiger partial charge in [0.05, 0.1) is 12.1 Å². The van der Waals surface area contributed by atoms with Crippen LogP contribution in [0.1, 0.15) is 0 Å². The maximum Gasteiger partial charge on any atom is 0.110 e. The molecular weight excluding hydrogens is 344 g/mol. The van der Waals surface area contributed by atoms with Gasteiger partial charge in [-0.15, -0.1) is 0 Å². The van der Waals surface area contributed by atoms with E-state index in [1.165, 1.54) is 15.8 Å². The fraction of sp³-hybridized carbons (Fsp3) is 0.368. The standard InChI is InChI=1S/C19H24N6S/c1-20-9-12-25-15-7-6-14(21-10-11-24(2)3)18-16(15)17(23-25)13-5-4-8-22-19(13)26-18/h4-8,20-21H,9-12H2,1-3H3. The van der Waals surface area contributed by atoms with Crippen molar-refractivity contribution >= 4 is 28.4 Å². The van der Waals surface area contributed by atoms with E-state index in [4.69, 9.17) is 5.10 Å². The van der Waals surface area contributed by atoms with Gasteiger partial charge in [-0.25, -0.2) is 4.98 Å². The summed E-state index contributed by atoms with van der Waals surface area (Å²) in [5.41, 5.74) is 4.52. The first-order chi connectivity index (χ1) is 12.7. The van der Waals surface area contributed by atoms with Crippen molar-refractivity contribution in [2.45, 2.75) is 16.5 Å².